The van der Waals surface area contributed by atoms with Gasteiger partial charge in [0.2, 0.25) is 5.91 Å². The Balaban J connectivity index is 1.30. The van der Waals surface area contributed by atoms with Gasteiger partial charge in [-0.25, -0.2) is 0 Å². The molecule has 3 saturated carbocycles. The predicted octanol–water partition coefficient (Wildman–Crippen LogP) is 5.76. The molecule has 0 radical (unpaired) electrons. The summed E-state index contributed by atoms with van der Waals surface area (Å²) < 4.78 is 6.70. The summed E-state index contributed by atoms with van der Waals surface area (Å²) in [6.07, 6.45) is 13.0. The smallest absolute Gasteiger partial charge is 0.216 e. The van der Waals surface area contributed by atoms with E-state index in [0.717, 1.165) is 56.4 Å². The molecule has 2 N–H and O–H groups in total. The molecule has 33 heavy (non-hydrogen) atoms. The Bertz CT molecular complexity index is 861. The van der Waals surface area contributed by atoms with Crippen LogP contribution in [0.15, 0.2) is 23.0 Å². The van der Waals surface area contributed by atoms with E-state index in [4.69, 9.17) is 4.74 Å². The topological polar surface area (TPSA) is 58.6 Å². The minimum atomic E-state index is -0.124. The number of aliphatic hydroxyl groups is 1. The maximum Gasteiger partial charge on any atom is 0.216 e. The van der Waals surface area contributed by atoms with Crippen LogP contribution in [0.25, 0.3) is 0 Å². The van der Waals surface area contributed by atoms with Gasteiger partial charge in [-0.3, -0.25) is 4.79 Å². The first-order valence-corrected chi connectivity index (χ1v) is 13.6. The minimum absolute atomic E-state index is 0.0569. The van der Waals surface area contributed by atoms with E-state index in [1.54, 1.807) is 12.5 Å². The molecule has 184 valence electrons. The third-order valence-corrected chi connectivity index (χ3v) is 10.8. The molecule has 9 atom stereocenters. The van der Waals surface area contributed by atoms with Gasteiger partial charge in [-0.05, 0) is 98.4 Å². The summed E-state index contributed by atoms with van der Waals surface area (Å²) in [6, 6.07) is 0. The lowest BCUT2D eigenvalue weighted by molar-refractivity contribution is -0.119. The zero-order valence-corrected chi connectivity index (χ0v) is 21.5. The van der Waals surface area contributed by atoms with E-state index < -0.39 is 0 Å². The number of rotatable bonds is 5. The molecule has 4 nitrogen and oxygen atoms in total. The zero-order valence-electron chi connectivity index (χ0n) is 21.5. The highest BCUT2D eigenvalue weighted by atomic mass is 16.5. The molecule has 4 aliphatic carbocycles. The maximum absolute atomic E-state index is 11.2. The number of carbonyl (C=O) groups is 1. The number of fused-ring (bicyclic) bond motifs is 7. The molecular weight excluding hydrogens is 410 g/mol. The lowest BCUT2D eigenvalue weighted by Crippen LogP contribution is -2.50. The number of amides is 1. The predicted molar refractivity (Wildman–Crippen MR) is 131 cm³/mol. The normalized spacial score (nSPS) is 44.7. The van der Waals surface area contributed by atoms with Crippen LogP contribution in [0.1, 0.15) is 92.4 Å². The zero-order chi connectivity index (χ0) is 23.5. The lowest BCUT2D eigenvalue weighted by Gasteiger charge is -2.57. The van der Waals surface area contributed by atoms with E-state index in [2.05, 4.69) is 39.1 Å². The van der Waals surface area contributed by atoms with Gasteiger partial charge < -0.3 is 15.2 Å². The Morgan fingerprint density at radius 3 is 2.82 bits per heavy atom. The number of carbonyl (C=O) groups excluding carboxylic acids is 1. The highest BCUT2D eigenvalue weighted by Crippen LogP contribution is 2.68. The van der Waals surface area contributed by atoms with Crippen molar-refractivity contribution < 1.29 is 14.6 Å². The van der Waals surface area contributed by atoms with Crippen molar-refractivity contribution in [2.75, 3.05) is 6.54 Å². The van der Waals surface area contributed by atoms with Crippen LogP contribution < -0.4 is 5.32 Å². The molecule has 0 bridgehead atoms. The third-order valence-electron chi connectivity index (χ3n) is 10.8. The fourth-order valence-electron chi connectivity index (χ4n) is 9.02. The number of hydrogen-bond acceptors (Lipinski definition) is 3. The quantitative estimate of drug-likeness (QED) is 0.518. The second-order valence-corrected chi connectivity index (χ2v) is 12.8. The van der Waals surface area contributed by atoms with Crippen LogP contribution in [0, 0.1) is 40.4 Å². The second kappa shape index (κ2) is 8.43. The Kier molecular flexibility index (Phi) is 5.99. The van der Waals surface area contributed by atoms with Crippen LogP contribution in [-0.4, -0.2) is 29.8 Å². The summed E-state index contributed by atoms with van der Waals surface area (Å²) in [7, 11) is 0. The van der Waals surface area contributed by atoms with Gasteiger partial charge in [0.25, 0.3) is 0 Å². The van der Waals surface area contributed by atoms with Gasteiger partial charge in [0.1, 0.15) is 6.10 Å². The molecule has 0 aromatic rings. The molecule has 3 fully saturated rings. The van der Waals surface area contributed by atoms with Crippen LogP contribution in [-0.2, 0) is 9.53 Å². The highest BCUT2D eigenvalue weighted by Gasteiger charge is 2.63. The molecule has 0 aromatic heterocycles. The van der Waals surface area contributed by atoms with Crippen LogP contribution in [0.4, 0.5) is 0 Å². The van der Waals surface area contributed by atoms with Crippen LogP contribution in [0.5, 0.6) is 0 Å². The van der Waals surface area contributed by atoms with Gasteiger partial charge in [-0.2, -0.15) is 0 Å². The van der Waals surface area contributed by atoms with E-state index in [0.29, 0.717) is 28.8 Å². The molecule has 1 amide bonds. The minimum Gasteiger partial charge on any atom is -0.494 e. The van der Waals surface area contributed by atoms with Gasteiger partial charge in [0, 0.05) is 25.8 Å². The van der Waals surface area contributed by atoms with Gasteiger partial charge in [0.05, 0.1) is 11.9 Å². The van der Waals surface area contributed by atoms with Crippen LogP contribution in [0.2, 0.25) is 0 Å². The standard InChI is InChI=1S/C29H45NO3/c1-17(16-30-19(3)31)6-9-25-18(2)27-26(33-25)15-24-22-8-7-20-14-21(32)10-12-28(20,4)23(22)11-13-29(24,27)5/h7,17,21-24,26-27,32H,6,8-16H2,1-5H3,(H,30,31)/t17-,21-,22-,23+,24+,26-,27+,28+,29+/m1/s1. The second-order valence-electron chi connectivity index (χ2n) is 12.8. The maximum atomic E-state index is 11.2. The molecule has 0 aromatic carbocycles. The van der Waals surface area contributed by atoms with Gasteiger partial charge >= 0.3 is 0 Å². The summed E-state index contributed by atoms with van der Waals surface area (Å²) in [4.78, 5) is 11.2. The molecule has 5 aliphatic rings. The average Bonchev–Trinajstić information content (AvgIpc) is 3.24. The number of hydrogen-bond donors (Lipinski definition) is 2. The Hall–Kier alpha value is -1.29. The van der Waals surface area contributed by atoms with Crippen LogP contribution in [0.3, 0.4) is 0 Å². The molecule has 4 heteroatoms. The van der Waals surface area contributed by atoms with E-state index in [1.165, 1.54) is 37.0 Å². The van der Waals surface area contributed by atoms with Crippen LogP contribution >= 0.6 is 0 Å². The SMILES string of the molecule is CC(=O)NC[C@H](C)CCC1=C(C)[C@H]2[C@@H](C[C@H]3[C@@H]4CC=C5C[C@H](O)CC[C@]5(C)[C@H]4CC[C@@]32C)O1. The van der Waals surface area contributed by atoms with Crippen molar-refractivity contribution in [1.82, 2.24) is 5.32 Å². The monoisotopic (exact) mass is 455 g/mol. The van der Waals surface area contributed by atoms with Crippen molar-refractivity contribution >= 4 is 5.91 Å². The molecule has 1 aliphatic heterocycles. The van der Waals surface area contributed by atoms with Crippen molar-refractivity contribution in [2.45, 2.75) is 105 Å². The number of allylic oxidation sites excluding steroid dienone is 2. The molecule has 0 saturated heterocycles. The Morgan fingerprint density at radius 1 is 1.27 bits per heavy atom. The van der Waals surface area contributed by atoms with Crippen molar-refractivity contribution in [2.24, 2.45) is 40.4 Å². The number of nitrogens with one attached hydrogen (secondary N) is 1. The lowest BCUT2D eigenvalue weighted by atomic mass is 9.47. The van der Waals surface area contributed by atoms with E-state index in [-0.39, 0.29) is 12.0 Å². The largest absolute Gasteiger partial charge is 0.494 e. The van der Waals surface area contributed by atoms with Gasteiger partial charge in [0.15, 0.2) is 0 Å². The molecule has 5 rings (SSSR count). The highest BCUT2D eigenvalue weighted by molar-refractivity contribution is 5.72. The summed E-state index contributed by atoms with van der Waals surface area (Å²) in [5, 5.41) is 13.2. The summed E-state index contributed by atoms with van der Waals surface area (Å²) >= 11 is 0. The number of aliphatic hydroxyl groups excluding tert-OH is 1. The molecule has 1 heterocycles. The first kappa shape index (κ1) is 23.5. The van der Waals surface area contributed by atoms with Gasteiger partial charge in [-0.15, -0.1) is 0 Å². The first-order valence-electron chi connectivity index (χ1n) is 13.6. The van der Waals surface area contributed by atoms with Crippen molar-refractivity contribution in [3.8, 4) is 0 Å². The Morgan fingerprint density at radius 2 is 2.06 bits per heavy atom. The Labute approximate surface area is 200 Å². The fraction of sp³-hybridized carbons (Fsp3) is 0.828. The van der Waals surface area contributed by atoms with E-state index in [1.807, 2.05) is 0 Å². The molecule has 0 unspecified atom stereocenters. The van der Waals surface area contributed by atoms with E-state index in [9.17, 15) is 9.90 Å². The molecular formula is C29H45NO3. The summed E-state index contributed by atoms with van der Waals surface area (Å²) in [6.45, 7) is 12.0. The summed E-state index contributed by atoms with van der Waals surface area (Å²) in [5.41, 5.74) is 3.75. The first-order chi connectivity index (χ1) is 15.6. The average molecular weight is 456 g/mol. The van der Waals surface area contributed by atoms with Crippen molar-refractivity contribution in [1.29, 1.82) is 0 Å². The van der Waals surface area contributed by atoms with Gasteiger partial charge in [-0.1, -0.05) is 32.4 Å². The summed E-state index contributed by atoms with van der Waals surface area (Å²) in [5.74, 6) is 4.66. The van der Waals surface area contributed by atoms with Crippen molar-refractivity contribution in [3.63, 3.8) is 0 Å². The third kappa shape index (κ3) is 3.79. The van der Waals surface area contributed by atoms with E-state index >= 15 is 0 Å². The van der Waals surface area contributed by atoms with Crippen molar-refractivity contribution in [3.05, 3.63) is 23.0 Å². The molecule has 0 spiro atoms. The number of ether oxygens (including phenoxy) is 1. The fourth-order valence-corrected chi connectivity index (χ4v) is 9.02.